The molecule has 0 saturated carbocycles. The molecule has 0 spiro atoms. The topological polar surface area (TPSA) is 120 Å². The van der Waals surface area contributed by atoms with Gasteiger partial charge in [-0.1, -0.05) is 37.8 Å². The Balaban J connectivity index is 1.60. The lowest BCUT2D eigenvalue weighted by atomic mass is 10.00. The van der Waals surface area contributed by atoms with Crippen LogP contribution in [0.15, 0.2) is 67.3 Å². The van der Waals surface area contributed by atoms with Gasteiger partial charge in [-0.05, 0) is 61.4 Å². The Hall–Kier alpha value is -4.50. The first-order chi connectivity index (χ1) is 17.9. The molecule has 3 N–H and O–H groups in total. The summed E-state index contributed by atoms with van der Waals surface area (Å²) in [5.41, 5.74) is 8.87. The average Bonchev–Trinajstić information content (AvgIpc) is 2.90. The SMILES string of the molecule is C=CC(=O)Nc1cccc(Oc2nc(Oc3ccc(C4=CCN(C)CC4)cc3)c(C(N)=O)nc2CC)c1. The van der Waals surface area contributed by atoms with E-state index in [9.17, 15) is 9.59 Å². The number of likely N-dealkylation sites (N-methyl/N-ethyl adjacent to an activating group) is 1. The molecule has 0 unspecified atom stereocenters. The van der Waals surface area contributed by atoms with Gasteiger partial charge in [0.1, 0.15) is 17.2 Å². The van der Waals surface area contributed by atoms with E-state index >= 15 is 0 Å². The first-order valence-electron chi connectivity index (χ1n) is 11.9. The van der Waals surface area contributed by atoms with Gasteiger partial charge in [0.2, 0.25) is 11.8 Å². The summed E-state index contributed by atoms with van der Waals surface area (Å²) in [7, 11) is 2.10. The second-order valence-corrected chi connectivity index (χ2v) is 8.54. The van der Waals surface area contributed by atoms with Crippen LogP contribution in [0.1, 0.15) is 35.1 Å². The number of nitrogens with one attached hydrogen (secondary N) is 1. The molecular formula is C28H29N5O4. The molecule has 4 rings (SSSR count). The molecule has 2 heterocycles. The average molecular weight is 500 g/mol. The van der Waals surface area contributed by atoms with Gasteiger partial charge in [-0.3, -0.25) is 9.59 Å². The number of hydrogen-bond acceptors (Lipinski definition) is 7. The molecule has 0 atom stereocenters. The van der Waals surface area contributed by atoms with Crippen molar-refractivity contribution in [1.82, 2.24) is 14.9 Å². The first kappa shape index (κ1) is 25.6. The molecule has 0 fully saturated rings. The Labute approximate surface area is 215 Å². The van der Waals surface area contributed by atoms with Crippen LogP contribution >= 0.6 is 0 Å². The van der Waals surface area contributed by atoms with Gasteiger partial charge in [-0.2, -0.15) is 4.98 Å². The number of amides is 2. The standard InChI is InChI=1S/C28H29N5O4/c1-4-23-27(37-22-8-6-7-20(17-22)30-24(34)5-2)32-28(25(31-23)26(29)35)36-21-11-9-18(10-12-21)19-13-15-33(3)16-14-19/h5-13,17H,2,4,14-16H2,1,3H3,(H2,29,35)(H,30,34). The van der Waals surface area contributed by atoms with Crippen LogP contribution in [0.4, 0.5) is 5.69 Å². The van der Waals surface area contributed by atoms with Crippen LogP contribution in [0.3, 0.4) is 0 Å². The van der Waals surface area contributed by atoms with Gasteiger partial charge in [-0.15, -0.1) is 0 Å². The van der Waals surface area contributed by atoms with Crippen LogP contribution in [0.2, 0.25) is 0 Å². The summed E-state index contributed by atoms with van der Waals surface area (Å²) in [6.45, 7) is 7.24. The number of hydrogen-bond donors (Lipinski definition) is 2. The zero-order valence-corrected chi connectivity index (χ0v) is 20.9. The second kappa shape index (κ2) is 11.5. The Bertz CT molecular complexity index is 1350. The molecule has 9 nitrogen and oxygen atoms in total. The highest BCUT2D eigenvalue weighted by Crippen LogP contribution is 2.31. The zero-order chi connectivity index (χ0) is 26.4. The summed E-state index contributed by atoms with van der Waals surface area (Å²) < 4.78 is 11.9. The van der Waals surface area contributed by atoms with Gasteiger partial charge in [0.25, 0.3) is 11.8 Å². The lowest BCUT2D eigenvalue weighted by molar-refractivity contribution is -0.111. The molecule has 0 bridgehead atoms. The zero-order valence-electron chi connectivity index (χ0n) is 20.9. The molecule has 2 amide bonds. The van der Waals surface area contributed by atoms with E-state index in [1.54, 1.807) is 24.3 Å². The molecule has 9 heteroatoms. The summed E-state index contributed by atoms with van der Waals surface area (Å²) in [4.78, 5) is 34.9. The number of carbonyl (C=O) groups excluding carboxylic acids is 2. The third-order valence-corrected chi connectivity index (χ3v) is 5.82. The fourth-order valence-electron chi connectivity index (χ4n) is 3.81. The maximum absolute atomic E-state index is 12.2. The van der Waals surface area contributed by atoms with Crippen LogP contribution in [0.5, 0.6) is 23.3 Å². The minimum absolute atomic E-state index is 0.0536. The lowest BCUT2D eigenvalue weighted by Gasteiger charge is -2.22. The minimum Gasteiger partial charge on any atom is -0.437 e. The number of aryl methyl sites for hydroxylation is 1. The fraction of sp³-hybridized carbons (Fsp3) is 0.214. The molecule has 1 aliphatic rings. The van der Waals surface area contributed by atoms with E-state index in [-0.39, 0.29) is 23.4 Å². The Morgan fingerprint density at radius 1 is 1.11 bits per heavy atom. The maximum Gasteiger partial charge on any atom is 0.272 e. The van der Waals surface area contributed by atoms with E-state index in [0.29, 0.717) is 29.3 Å². The predicted octanol–water partition coefficient (Wildman–Crippen LogP) is 4.57. The molecule has 2 aromatic carbocycles. The molecule has 0 radical (unpaired) electrons. The highest BCUT2D eigenvalue weighted by atomic mass is 16.5. The minimum atomic E-state index is -0.758. The van der Waals surface area contributed by atoms with Gasteiger partial charge < -0.3 is 25.4 Å². The van der Waals surface area contributed by atoms with Crippen molar-refractivity contribution in [3.05, 3.63) is 84.2 Å². The Morgan fingerprint density at radius 2 is 1.86 bits per heavy atom. The van der Waals surface area contributed by atoms with Crippen LogP contribution in [-0.2, 0) is 11.2 Å². The summed E-state index contributed by atoms with van der Waals surface area (Å²) in [5.74, 6) is -0.0838. The summed E-state index contributed by atoms with van der Waals surface area (Å²) >= 11 is 0. The normalized spacial score (nSPS) is 13.4. The third kappa shape index (κ3) is 6.39. The number of nitrogens with zero attached hydrogens (tertiary/aromatic N) is 3. The fourth-order valence-corrected chi connectivity index (χ4v) is 3.81. The van der Waals surface area contributed by atoms with Crippen molar-refractivity contribution in [1.29, 1.82) is 0 Å². The molecule has 1 aromatic heterocycles. The monoisotopic (exact) mass is 499 g/mol. The van der Waals surface area contributed by atoms with E-state index in [1.165, 1.54) is 11.6 Å². The largest absolute Gasteiger partial charge is 0.437 e. The van der Waals surface area contributed by atoms with E-state index < -0.39 is 5.91 Å². The van der Waals surface area contributed by atoms with Gasteiger partial charge in [0, 0.05) is 24.8 Å². The number of benzene rings is 2. The number of rotatable bonds is 9. The van der Waals surface area contributed by atoms with Gasteiger partial charge in [0.15, 0.2) is 5.69 Å². The van der Waals surface area contributed by atoms with Crippen LogP contribution < -0.4 is 20.5 Å². The first-order valence-corrected chi connectivity index (χ1v) is 11.9. The van der Waals surface area contributed by atoms with Crippen LogP contribution in [-0.4, -0.2) is 46.8 Å². The number of carbonyl (C=O) groups is 2. The van der Waals surface area contributed by atoms with Crippen molar-refractivity contribution < 1.29 is 19.1 Å². The van der Waals surface area contributed by atoms with Crippen molar-refractivity contribution in [2.75, 3.05) is 25.5 Å². The van der Waals surface area contributed by atoms with Crippen LogP contribution in [0.25, 0.3) is 5.57 Å². The second-order valence-electron chi connectivity index (χ2n) is 8.54. The molecule has 1 aliphatic heterocycles. The molecule has 37 heavy (non-hydrogen) atoms. The third-order valence-electron chi connectivity index (χ3n) is 5.82. The smallest absolute Gasteiger partial charge is 0.272 e. The highest BCUT2D eigenvalue weighted by Gasteiger charge is 2.21. The number of ether oxygens (including phenoxy) is 2. The molecular weight excluding hydrogens is 470 g/mol. The van der Waals surface area contributed by atoms with Gasteiger partial charge in [0.05, 0.1) is 0 Å². The Kier molecular flexibility index (Phi) is 7.95. The van der Waals surface area contributed by atoms with Crippen molar-refractivity contribution in [2.24, 2.45) is 5.73 Å². The Morgan fingerprint density at radius 3 is 2.51 bits per heavy atom. The van der Waals surface area contributed by atoms with Crippen molar-refractivity contribution >= 4 is 23.1 Å². The van der Waals surface area contributed by atoms with E-state index in [0.717, 1.165) is 25.1 Å². The molecule has 190 valence electrons. The summed E-state index contributed by atoms with van der Waals surface area (Å²) in [6, 6.07) is 14.4. The predicted molar refractivity (Wildman–Crippen MR) is 142 cm³/mol. The molecule has 0 aliphatic carbocycles. The number of aromatic nitrogens is 2. The van der Waals surface area contributed by atoms with E-state index in [4.69, 9.17) is 15.2 Å². The lowest BCUT2D eigenvalue weighted by Crippen LogP contribution is -2.23. The number of primary amides is 1. The summed E-state index contributed by atoms with van der Waals surface area (Å²) in [6.07, 6.45) is 4.82. The van der Waals surface area contributed by atoms with Crippen LogP contribution in [0, 0.1) is 0 Å². The number of nitrogens with two attached hydrogens (primary N) is 1. The molecule has 0 saturated heterocycles. The maximum atomic E-state index is 12.2. The van der Waals surface area contributed by atoms with Crippen molar-refractivity contribution in [2.45, 2.75) is 19.8 Å². The van der Waals surface area contributed by atoms with Crippen molar-refractivity contribution in [3.8, 4) is 23.3 Å². The van der Waals surface area contributed by atoms with E-state index in [1.807, 2.05) is 31.2 Å². The van der Waals surface area contributed by atoms with Gasteiger partial charge in [-0.25, -0.2) is 4.98 Å². The van der Waals surface area contributed by atoms with Crippen molar-refractivity contribution in [3.63, 3.8) is 0 Å². The number of anilines is 1. The quantitative estimate of drug-likeness (QED) is 0.414. The summed E-state index contributed by atoms with van der Waals surface area (Å²) in [5, 5.41) is 2.68. The molecule has 3 aromatic rings. The van der Waals surface area contributed by atoms with E-state index in [2.05, 4.69) is 39.9 Å². The van der Waals surface area contributed by atoms with Gasteiger partial charge >= 0.3 is 0 Å². The highest BCUT2D eigenvalue weighted by molar-refractivity contribution is 5.99.